The van der Waals surface area contributed by atoms with Crippen molar-refractivity contribution < 1.29 is 0 Å². The van der Waals surface area contributed by atoms with Gasteiger partial charge in [-0.1, -0.05) is 0 Å². The molecule has 1 aromatic rings. The quantitative estimate of drug-likeness (QED) is 0.880. The van der Waals surface area contributed by atoms with Crippen molar-refractivity contribution in [2.75, 3.05) is 19.6 Å². The van der Waals surface area contributed by atoms with Gasteiger partial charge in [-0.2, -0.15) is 0 Å². The Morgan fingerprint density at radius 3 is 2.78 bits per heavy atom. The summed E-state index contributed by atoms with van der Waals surface area (Å²) in [5, 5.41) is 3.68. The molecule has 1 aliphatic rings. The van der Waals surface area contributed by atoms with Crippen molar-refractivity contribution in [1.82, 2.24) is 10.2 Å². The summed E-state index contributed by atoms with van der Waals surface area (Å²) < 4.78 is 1.22. The van der Waals surface area contributed by atoms with Crippen LogP contribution in [0.4, 0.5) is 0 Å². The van der Waals surface area contributed by atoms with Gasteiger partial charge in [0.05, 0.1) is 3.79 Å². The number of nitrogens with zero attached hydrogens (tertiary/aromatic N) is 1. The summed E-state index contributed by atoms with van der Waals surface area (Å²) in [5.41, 5.74) is 0. The molecule has 1 aromatic heterocycles. The Kier molecular flexibility index (Phi) is 5.24. The number of thiophene rings is 1. The molecule has 4 heteroatoms. The lowest BCUT2D eigenvalue weighted by atomic mass is 10.1. The summed E-state index contributed by atoms with van der Waals surface area (Å²) in [6.07, 6.45) is 1.34. The molecule has 0 aliphatic carbocycles. The summed E-state index contributed by atoms with van der Waals surface area (Å²) >= 11 is 5.35. The van der Waals surface area contributed by atoms with Crippen LogP contribution in [-0.4, -0.2) is 30.6 Å². The van der Waals surface area contributed by atoms with Gasteiger partial charge >= 0.3 is 0 Å². The van der Waals surface area contributed by atoms with E-state index in [1.807, 2.05) is 11.3 Å². The highest BCUT2D eigenvalue weighted by Crippen LogP contribution is 2.27. The number of hydrogen-bond donors (Lipinski definition) is 1. The SMILES string of the molecule is CC(NCC1CCN(C(C)C)C1)c1ccc(Br)s1. The van der Waals surface area contributed by atoms with Crippen LogP contribution < -0.4 is 5.32 Å². The van der Waals surface area contributed by atoms with Crippen LogP contribution in [0.1, 0.15) is 38.1 Å². The van der Waals surface area contributed by atoms with E-state index in [-0.39, 0.29) is 0 Å². The number of halogens is 1. The van der Waals surface area contributed by atoms with Crippen molar-refractivity contribution in [2.45, 2.75) is 39.3 Å². The third-order valence-electron chi connectivity index (χ3n) is 3.78. The van der Waals surface area contributed by atoms with E-state index in [0.29, 0.717) is 12.1 Å². The first kappa shape index (κ1) is 14.5. The van der Waals surface area contributed by atoms with E-state index in [4.69, 9.17) is 0 Å². The first-order valence-corrected chi connectivity index (χ1v) is 8.40. The van der Waals surface area contributed by atoms with E-state index in [2.05, 4.69) is 59.1 Å². The zero-order valence-electron chi connectivity index (χ0n) is 11.4. The highest BCUT2D eigenvalue weighted by atomic mass is 79.9. The van der Waals surface area contributed by atoms with Gasteiger partial charge in [-0.15, -0.1) is 11.3 Å². The molecule has 2 heterocycles. The van der Waals surface area contributed by atoms with Gasteiger partial charge in [-0.25, -0.2) is 0 Å². The standard InChI is InChI=1S/C14H23BrN2S/c1-10(2)17-7-6-12(9-17)8-16-11(3)13-4-5-14(15)18-13/h4-5,10-12,16H,6-9H2,1-3H3. The van der Waals surface area contributed by atoms with Gasteiger partial charge in [0, 0.05) is 23.5 Å². The molecule has 1 N–H and O–H groups in total. The molecule has 0 radical (unpaired) electrons. The molecular formula is C14H23BrN2S. The lowest BCUT2D eigenvalue weighted by Crippen LogP contribution is -2.31. The molecule has 0 bridgehead atoms. The summed E-state index contributed by atoms with van der Waals surface area (Å²) in [7, 11) is 0. The molecule has 0 aromatic carbocycles. The number of nitrogens with one attached hydrogen (secondary N) is 1. The average Bonchev–Trinajstić information content (AvgIpc) is 2.94. The molecule has 0 saturated carbocycles. The monoisotopic (exact) mass is 330 g/mol. The van der Waals surface area contributed by atoms with Gasteiger partial charge < -0.3 is 10.2 Å². The van der Waals surface area contributed by atoms with E-state index >= 15 is 0 Å². The van der Waals surface area contributed by atoms with Crippen molar-refractivity contribution >= 4 is 27.3 Å². The maximum Gasteiger partial charge on any atom is 0.0701 e. The van der Waals surface area contributed by atoms with Crippen LogP contribution in [0.2, 0.25) is 0 Å². The second kappa shape index (κ2) is 6.51. The van der Waals surface area contributed by atoms with Gasteiger partial charge in [-0.3, -0.25) is 0 Å². The highest BCUT2D eigenvalue weighted by Gasteiger charge is 2.24. The first-order valence-electron chi connectivity index (χ1n) is 6.79. The molecular weight excluding hydrogens is 308 g/mol. The lowest BCUT2D eigenvalue weighted by Gasteiger charge is -2.21. The molecule has 1 fully saturated rings. The Labute approximate surface area is 123 Å². The molecule has 2 nitrogen and oxygen atoms in total. The van der Waals surface area contributed by atoms with Gasteiger partial charge in [0.25, 0.3) is 0 Å². The van der Waals surface area contributed by atoms with E-state index in [0.717, 1.165) is 12.5 Å². The van der Waals surface area contributed by atoms with Crippen molar-refractivity contribution in [1.29, 1.82) is 0 Å². The van der Waals surface area contributed by atoms with Crippen molar-refractivity contribution in [3.05, 3.63) is 20.8 Å². The Morgan fingerprint density at radius 2 is 2.22 bits per heavy atom. The van der Waals surface area contributed by atoms with Gasteiger partial charge in [-0.05, 0) is 74.3 Å². The van der Waals surface area contributed by atoms with Crippen LogP contribution in [0, 0.1) is 5.92 Å². The Morgan fingerprint density at radius 1 is 1.44 bits per heavy atom. The van der Waals surface area contributed by atoms with E-state index < -0.39 is 0 Å². The molecule has 0 spiro atoms. The molecule has 18 heavy (non-hydrogen) atoms. The van der Waals surface area contributed by atoms with Crippen LogP contribution in [0.25, 0.3) is 0 Å². The number of hydrogen-bond acceptors (Lipinski definition) is 3. The molecule has 1 saturated heterocycles. The summed E-state index contributed by atoms with van der Waals surface area (Å²) in [4.78, 5) is 4.00. The fourth-order valence-electron chi connectivity index (χ4n) is 2.50. The zero-order valence-corrected chi connectivity index (χ0v) is 13.9. The summed E-state index contributed by atoms with van der Waals surface area (Å²) in [5.74, 6) is 0.818. The predicted molar refractivity (Wildman–Crippen MR) is 83.3 cm³/mol. The topological polar surface area (TPSA) is 15.3 Å². The second-order valence-corrected chi connectivity index (χ2v) is 8.01. The van der Waals surface area contributed by atoms with Crippen molar-refractivity contribution in [3.8, 4) is 0 Å². The Hall–Kier alpha value is 0.1000. The third-order valence-corrected chi connectivity index (χ3v) is 5.59. The Bertz CT molecular complexity index is 378. The molecule has 2 atom stereocenters. The van der Waals surface area contributed by atoms with Gasteiger partial charge in [0.2, 0.25) is 0 Å². The molecule has 2 unspecified atom stereocenters. The largest absolute Gasteiger partial charge is 0.309 e. The van der Waals surface area contributed by atoms with Crippen molar-refractivity contribution in [3.63, 3.8) is 0 Å². The minimum atomic E-state index is 0.467. The van der Waals surface area contributed by atoms with Crippen LogP contribution in [0.15, 0.2) is 15.9 Å². The molecule has 2 rings (SSSR count). The van der Waals surface area contributed by atoms with Crippen LogP contribution in [-0.2, 0) is 0 Å². The number of likely N-dealkylation sites (tertiary alicyclic amines) is 1. The maximum atomic E-state index is 3.68. The predicted octanol–water partition coefficient (Wildman–Crippen LogP) is 3.89. The smallest absolute Gasteiger partial charge is 0.0701 e. The van der Waals surface area contributed by atoms with E-state index in [1.54, 1.807) is 0 Å². The fraction of sp³-hybridized carbons (Fsp3) is 0.714. The molecule has 1 aliphatic heterocycles. The lowest BCUT2D eigenvalue weighted by molar-refractivity contribution is 0.263. The minimum absolute atomic E-state index is 0.467. The normalized spacial score (nSPS) is 22.8. The van der Waals surface area contributed by atoms with Gasteiger partial charge in [0.1, 0.15) is 0 Å². The zero-order chi connectivity index (χ0) is 13.1. The van der Waals surface area contributed by atoms with E-state index in [1.165, 1.54) is 28.2 Å². The van der Waals surface area contributed by atoms with Crippen molar-refractivity contribution in [2.24, 2.45) is 5.92 Å². The fourth-order valence-corrected chi connectivity index (χ4v) is 3.95. The first-order chi connectivity index (χ1) is 8.56. The molecule has 0 amide bonds. The summed E-state index contributed by atoms with van der Waals surface area (Å²) in [6, 6.07) is 5.51. The van der Waals surface area contributed by atoms with Crippen LogP contribution in [0.3, 0.4) is 0 Å². The third kappa shape index (κ3) is 3.80. The maximum absolute atomic E-state index is 3.68. The summed E-state index contributed by atoms with van der Waals surface area (Å²) in [6.45, 7) is 10.5. The van der Waals surface area contributed by atoms with E-state index in [9.17, 15) is 0 Å². The second-order valence-electron chi connectivity index (χ2n) is 5.52. The minimum Gasteiger partial charge on any atom is -0.309 e. The molecule has 102 valence electrons. The average molecular weight is 331 g/mol. The van der Waals surface area contributed by atoms with Gasteiger partial charge in [0.15, 0.2) is 0 Å². The highest BCUT2D eigenvalue weighted by molar-refractivity contribution is 9.11. The Balaban J connectivity index is 1.75. The van der Waals surface area contributed by atoms with Crippen LogP contribution >= 0.6 is 27.3 Å². The van der Waals surface area contributed by atoms with Crippen LogP contribution in [0.5, 0.6) is 0 Å². The number of rotatable bonds is 5.